The topological polar surface area (TPSA) is 47.3 Å². The molecule has 0 radical (unpaired) electrons. The van der Waals surface area contributed by atoms with Crippen LogP contribution in [0.3, 0.4) is 0 Å². The third kappa shape index (κ3) is 3.10. The van der Waals surface area contributed by atoms with Crippen LogP contribution in [0.5, 0.6) is 5.75 Å². The minimum atomic E-state index is -0.370. The smallest absolute Gasteiger partial charge is 0.137 e. The standard InChI is InChI=1S/C16H18BrFN2O/c1-9-7-10(2)14(13(8-9)21-3)16(20-19)11-5-4-6-12(18)15(11)17/h4-8,16,20H,19H2,1-3H3. The van der Waals surface area contributed by atoms with E-state index in [0.717, 1.165) is 28.0 Å². The molecule has 0 aliphatic rings. The summed E-state index contributed by atoms with van der Waals surface area (Å²) < 4.78 is 19.7. The first kappa shape index (κ1) is 15.9. The van der Waals surface area contributed by atoms with Crippen LogP contribution in [0.2, 0.25) is 0 Å². The molecule has 0 spiro atoms. The van der Waals surface area contributed by atoms with Crippen molar-refractivity contribution >= 4 is 15.9 Å². The van der Waals surface area contributed by atoms with Crippen LogP contribution >= 0.6 is 15.9 Å². The summed E-state index contributed by atoms with van der Waals surface area (Å²) >= 11 is 3.29. The van der Waals surface area contributed by atoms with Crippen molar-refractivity contribution in [2.45, 2.75) is 19.9 Å². The molecule has 3 nitrogen and oxygen atoms in total. The van der Waals surface area contributed by atoms with Crippen LogP contribution in [0.4, 0.5) is 4.39 Å². The normalized spacial score (nSPS) is 12.3. The van der Waals surface area contributed by atoms with Crippen molar-refractivity contribution in [2.75, 3.05) is 7.11 Å². The van der Waals surface area contributed by atoms with Gasteiger partial charge in [-0.1, -0.05) is 18.2 Å². The van der Waals surface area contributed by atoms with Gasteiger partial charge < -0.3 is 4.74 Å². The molecule has 0 aliphatic heterocycles. The van der Waals surface area contributed by atoms with E-state index in [1.165, 1.54) is 6.07 Å². The molecule has 112 valence electrons. The summed E-state index contributed by atoms with van der Waals surface area (Å²) in [5, 5.41) is 0. The highest BCUT2D eigenvalue weighted by Crippen LogP contribution is 2.36. The third-order valence-electron chi connectivity index (χ3n) is 3.46. The summed E-state index contributed by atoms with van der Waals surface area (Å²) in [7, 11) is 1.62. The number of hydrogen-bond acceptors (Lipinski definition) is 3. The highest BCUT2D eigenvalue weighted by atomic mass is 79.9. The second-order valence-electron chi connectivity index (χ2n) is 4.94. The Morgan fingerprint density at radius 1 is 1.29 bits per heavy atom. The molecule has 0 fully saturated rings. The van der Waals surface area contributed by atoms with E-state index in [9.17, 15) is 4.39 Å². The van der Waals surface area contributed by atoms with Gasteiger partial charge >= 0.3 is 0 Å². The van der Waals surface area contributed by atoms with Gasteiger partial charge in [-0.15, -0.1) is 0 Å². The number of aryl methyl sites for hydroxylation is 2. The van der Waals surface area contributed by atoms with Crippen LogP contribution in [0.1, 0.15) is 28.3 Å². The van der Waals surface area contributed by atoms with Gasteiger partial charge in [0, 0.05) is 5.56 Å². The maximum atomic E-state index is 13.8. The number of hydrogen-bond donors (Lipinski definition) is 2. The quantitative estimate of drug-likeness (QED) is 0.650. The van der Waals surface area contributed by atoms with Crippen molar-refractivity contribution in [1.82, 2.24) is 5.43 Å². The summed E-state index contributed by atoms with van der Waals surface area (Å²) in [6.07, 6.45) is 0. The number of ether oxygens (including phenoxy) is 1. The predicted octanol–water partition coefficient (Wildman–Crippen LogP) is 3.77. The first-order valence-electron chi connectivity index (χ1n) is 6.54. The molecule has 0 saturated heterocycles. The SMILES string of the molecule is COc1cc(C)cc(C)c1C(NN)c1cccc(F)c1Br. The second-order valence-corrected chi connectivity index (χ2v) is 5.73. The lowest BCUT2D eigenvalue weighted by molar-refractivity contribution is 0.403. The zero-order valence-corrected chi connectivity index (χ0v) is 13.8. The number of methoxy groups -OCH3 is 1. The van der Waals surface area contributed by atoms with Crippen molar-refractivity contribution in [2.24, 2.45) is 5.84 Å². The number of hydrazine groups is 1. The van der Waals surface area contributed by atoms with E-state index in [0.29, 0.717) is 4.47 Å². The van der Waals surface area contributed by atoms with E-state index in [-0.39, 0.29) is 11.9 Å². The summed E-state index contributed by atoms with van der Waals surface area (Å²) in [6.45, 7) is 3.99. The number of halogens is 2. The molecule has 0 aliphatic carbocycles. The Hall–Kier alpha value is -1.43. The van der Waals surface area contributed by atoms with Gasteiger partial charge in [-0.3, -0.25) is 5.84 Å². The Bertz CT molecular complexity index is 661. The Labute approximate surface area is 132 Å². The molecular weight excluding hydrogens is 335 g/mol. The fourth-order valence-electron chi connectivity index (χ4n) is 2.55. The van der Waals surface area contributed by atoms with Gasteiger partial charge in [0.15, 0.2) is 0 Å². The van der Waals surface area contributed by atoms with Gasteiger partial charge in [0.05, 0.1) is 17.6 Å². The van der Waals surface area contributed by atoms with Crippen molar-refractivity contribution in [3.63, 3.8) is 0 Å². The molecule has 1 unspecified atom stereocenters. The van der Waals surface area contributed by atoms with Crippen LogP contribution in [0.25, 0.3) is 0 Å². The predicted molar refractivity (Wildman–Crippen MR) is 85.7 cm³/mol. The zero-order valence-electron chi connectivity index (χ0n) is 12.2. The molecule has 5 heteroatoms. The lowest BCUT2D eigenvalue weighted by atomic mass is 9.93. The third-order valence-corrected chi connectivity index (χ3v) is 4.30. The molecule has 0 aromatic heterocycles. The first-order chi connectivity index (χ1) is 9.99. The molecule has 3 N–H and O–H groups in total. The van der Waals surface area contributed by atoms with Gasteiger partial charge in [0.1, 0.15) is 11.6 Å². The van der Waals surface area contributed by atoms with E-state index in [1.807, 2.05) is 26.0 Å². The molecule has 1 atom stereocenters. The minimum absolute atomic E-state index is 0.323. The average Bonchev–Trinajstić information content (AvgIpc) is 2.45. The summed E-state index contributed by atoms with van der Waals surface area (Å²) in [5.41, 5.74) is 6.52. The van der Waals surface area contributed by atoms with E-state index in [4.69, 9.17) is 10.6 Å². The van der Waals surface area contributed by atoms with Gasteiger partial charge in [-0.05, 0) is 58.6 Å². The maximum Gasteiger partial charge on any atom is 0.137 e. The van der Waals surface area contributed by atoms with Crippen molar-refractivity contribution in [3.8, 4) is 5.75 Å². The van der Waals surface area contributed by atoms with Gasteiger partial charge in [-0.25, -0.2) is 9.82 Å². The summed E-state index contributed by atoms with van der Waals surface area (Å²) in [6, 6.07) is 8.52. The molecule has 2 aromatic rings. The van der Waals surface area contributed by atoms with Crippen molar-refractivity contribution in [3.05, 3.63) is 62.9 Å². The van der Waals surface area contributed by atoms with Crippen molar-refractivity contribution < 1.29 is 9.13 Å². The molecule has 0 heterocycles. The van der Waals surface area contributed by atoms with Gasteiger partial charge in [0.25, 0.3) is 0 Å². The van der Waals surface area contributed by atoms with Crippen LogP contribution < -0.4 is 16.0 Å². The molecule has 0 saturated carbocycles. The fraction of sp³-hybridized carbons (Fsp3) is 0.250. The lowest BCUT2D eigenvalue weighted by Crippen LogP contribution is -2.30. The summed E-state index contributed by atoms with van der Waals surface area (Å²) in [5.74, 6) is 6.14. The monoisotopic (exact) mass is 352 g/mol. The van der Waals surface area contributed by atoms with Crippen LogP contribution in [0.15, 0.2) is 34.8 Å². The second kappa shape index (κ2) is 6.56. The molecular formula is C16H18BrFN2O. The first-order valence-corrected chi connectivity index (χ1v) is 7.34. The summed E-state index contributed by atoms with van der Waals surface area (Å²) in [4.78, 5) is 0. The number of nitrogens with one attached hydrogen (secondary N) is 1. The molecule has 2 aromatic carbocycles. The van der Waals surface area contributed by atoms with Crippen LogP contribution in [-0.2, 0) is 0 Å². The fourth-order valence-corrected chi connectivity index (χ4v) is 3.04. The van der Waals surface area contributed by atoms with Crippen LogP contribution in [-0.4, -0.2) is 7.11 Å². The average molecular weight is 353 g/mol. The molecule has 2 rings (SSSR count). The number of nitrogens with two attached hydrogens (primary N) is 1. The Balaban J connectivity index is 2.64. The van der Waals surface area contributed by atoms with Crippen molar-refractivity contribution in [1.29, 1.82) is 0 Å². The molecule has 0 bridgehead atoms. The van der Waals surface area contributed by atoms with E-state index in [1.54, 1.807) is 13.2 Å². The Morgan fingerprint density at radius 2 is 2.00 bits per heavy atom. The van der Waals surface area contributed by atoms with Gasteiger partial charge in [-0.2, -0.15) is 0 Å². The van der Waals surface area contributed by atoms with Gasteiger partial charge in [0.2, 0.25) is 0 Å². The number of benzene rings is 2. The molecule has 0 amide bonds. The largest absolute Gasteiger partial charge is 0.496 e. The highest BCUT2D eigenvalue weighted by Gasteiger charge is 2.22. The Morgan fingerprint density at radius 3 is 2.62 bits per heavy atom. The minimum Gasteiger partial charge on any atom is -0.496 e. The van der Waals surface area contributed by atoms with E-state index in [2.05, 4.69) is 27.4 Å². The van der Waals surface area contributed by atoms with E-state index < -0.39 is 0 Å². The Kier molecular flexibility index (Phi) is 4.98. The highest BCUT2D eigenvalue weighted by molar-refractivity contribution is 9.10. The van der Waals surface area contributed by atoms with Crippen LogP contribution in [0, 0.1) is 19.7 Å². The molecule has 21 heavy (non-hydrogen) atoms. The zero-order chi connectivity index (χ0) is 15.6. The maximum absolute atomic E-state index is 13.8. The number of rotatable bonds is 4. The lowest BCUT2D eigenvalue weighted by Gasteiger charge is -2.23. The van der Waals surface area contributed by atoms with E-state index >= 15 is 0 Å².